The van der Waals surface area contributed by atoms with Gasteiger partial charge in [0.05, 0.1) is 0 Å². The molecule has 0 saturated carbocycles. The van der Waals surface area contributed by atoms with Crippen LogP contribution in [-0.4, -0.2) is 0 Å². The van der Waals surface area contributed by atoms with E-state index in [4.69, 9.17) is 6.42 Å². The summed E-state index contributed by atoms with van der Waals surface area (Å²) in [5.41, 5.74) is 0. The molecular formula is C19H27. The second-order valence-electron chi connectivity index (χ2n) is 4.96. The van der Waals surface area contributed by atoms with E-state index in [9.17, 15) is 0 Å². The summed E-state index contributed by atoms with van der Waals surface area (Å²) in [6.45, 7) is 2.27. The van der Waals surface area contributed by atoms with Crippen LogP contribution in [0.15, 0.2) is 0 Å². The highest BCUT2D eigenvalue weighted by molar-refractivity contribution is 5.32. The van der Waals surface area contributed by atoms with Crippen LogP contribution in [0.5, 0.6) is 0 Å². The highest BCUT2D eigenvalue weighted by atomic mass is 14.0. The van der Waals surface area contributed by atoms with E-state index in [1.54, 1.807) is 0 Å². The summed E-state index contributed by atoms with van der Waals surface area (Å²) in [5, 5.41) is 0. The zero-order valence-corrected chi connectivity index (χ0v) is 12.5. The van der Waals surface area contributed by atoms with Gasteiger partial charge in [-0.15, -0.1) is 0 Å². The summed E-state index contributed by atoms with van der Waals surface area (Å²) in [4.78, 5) is 0. The lowest BCUT2D eigenvalue weighted by atomic mass is 10.1. The van der Waals surface area contributed by atoms with Crippen LogP contribution in [0.3, 0.4) is 0 Å². The molecule has 0 saturated heterocycles. The van der Waals surface area contributed by atoms with Gasteiger partial charge in [0.15, 0.2) is 0 Å². The third-order valence-electron chi connectivity index (χ3n) is 3.18. The number of unbranched alkanes of at least 4 members (excludes halogenated alkanes) is 11. The Labute approximate surface area is 120 Å². The highest BCUT2D eigenvalue weighted by Gasteiger charge is 1.92. The predicted molar refractivity (Wildman–Crippen MR) is 83.8 cm³/mol. The number of rotatable bonds is 11. The van der Waals surface area contributed by atoms with Crippen molar-refractivity contribution >= 4 is 0 Å². The zero-order valence-electron chi connectivity index (χ0n) is 12.5. The Morgan fingerprint density at radius 2 is 1.16 bits per heavy atom. The van der Waals surface area contributed by atoms with Gasteiger partial charge in [-0.1, -0.05) is 77.1 Å². The Morgan fingerprint density at radius 1 is 0.632 bits per heavy atom. The van der Waals surface area contributed by atoms with Crippen molar-refractivity contribution in [2.75, 3.05) is 0 Å². The molecule has 103 valence electrons. The van der Waals surface area contributed by atoms with Gasteiger partial charge in [0.25, 0.3) is 0 Å². The molecule has 19 heavy (non-hydrogen) atoms. The molecule has 0 aromatic heterocycles. The van der Waals surface area contributed by atoms with Crippen molar-refractivity contribution in [2.45, 2.75) is 84.0 Å². The summed E-state index contributed by atoms with van der Waals surface area (Å²) < 4.78 is 0. The van der Waals surface area contributed by atoms with Crippen molar-refractivity contribution in [3.63, 3.8) is 0 Å². The molecule has 0 heteroatoms. The minimum absolute atomic E-state index is 0.934. The van der Waals surface area contributed by atoms with Crippen LogP contribution in [0, 0.1) is 36.0 Å². The molecule has 0 aromatic carbocycles. The van der Waals surface area contributed by atoms with Gasteiger partial charge in [0.2, 0.25) is 0 Å². The van der Waals surface area contributed by atoms with Crippen molar-refractivity contribution in [2.24, 2.45) is 0 Å². The first-order valence-corrected chi connectivity index (χ1v) is 7.81. The zero-order chi connectivity index (χ0) is 14.0. The predicted octanol–water partition coefficient (Wildman–Crippen LogP) is 5.28. The summed E-state index contributed by atoms with van der Waals surface area (Å²) in [5.74, 6) is 12.7. The van der Waals surface area contributed by atoms with Gasteiger partial charge in [-0.25, -0.2) is 0 Å². The van der Waals surface area contributed by atoms with Crippen molar-refractivity contribution in [1.29, 1.82) is 0 Å². The molecule has 1 radical (unpaired) electrons. The largest absolute Gasteiger partial charge is 0.0891 e. The van der Waals surface area contributed by atoms with Crippen molar-refractivity contribution < 1.29 is 0 Å². The van der Waals surface area contributed by atoms with E-state index in [1.165, 1.54) is 70.6 Å². The van der Waals surface area contributed by atoms with Crippen LogP contribution in [0.25, 0.3) is 0 Å². The van der Waals surface area contributed by atoms with E-state index in [-0.39, 0.29) is 0 Å². The fourth-order valence-electron chi connectivity index (χ4n) is 2.05. The van der Waals surface area contributed by atoms with E-state index in [1.807, 2.05) is 5.92 Å². The quantitative estimate of drug-likeness (QED) is 0.348. The third kappa shape index (κ3) is 16.7. The molecule has 0 fully saturated rings. The maximum absolute atomic E-state index is 6.59. The van der Waals surface area contributed by atoms with Crippen LogP contribution in [0.2, 0.25) is 0 Å². The minimum Gasteiger partial charge on any atom is -0.0891 e. The summed E-state index contributed by atoms with van der Waals surface area (Å²) in [7, 11) is 0. The molecule has 0 bridgehead atoms. The third-order valence-corrected chi connectivity index (χ3v) is 3.18. The Kier molecular flexibility index (Phi) is 15.5. The molecule has 0 spiro atoms. The normalized spacial score (nSPS) is 8.84. The molecule has 0 unspecified atom stereocenters. The van der Waals surface area contributed by atoms with E-state index >= 15 is 0 Å². The molecule has 0 aromatic rings. The average Bonchev–Trinajstić information content (AvgIpc) is 2.43. The fraction of sp³-hybridized carbons (Fsp3) is 0.684. The lowest BCUT2D eigenvalue weighted by Gasteiger charge is -2.01. The number of hydrogen-bond acceptors (Lipinski definition) is 0. The maximum atomic E-state index is 6.59. The van der Waals surface area contributed by atoms with Gasteiger partial charge < -0.3 is 0 Å². The minimum atomic E-state index is 0.934. The molecule has 0 heterocycles. The molecule has 0 aliphatic rings. The van der Waals surface area contributed by atoms with E-state index in [2.05, 4.69) is 30.6 Å². The Bertz CT molecular complexity index is 334. The van der Waals surface area contributed by atoms with Gasteiger partial charge in [0.1, 0.15) is 0 Å². The first kappa shape index (κ1) is 17.7. The molecule has 0 N–H and O–H groups in total. The SMILES string of the molecule is [C]#CC#CC#CCCCCCCCCCCCCC. The summed E-state index contributed by atoms with van der Waals surface area (Å²) >= 11 is 0. The standard InChI is InChI=1S/C19H27/c1-3-5-7-9-11-13-15-17-19-18-16-14-12-10-8-6-4-2/h3,5,7,9,11,13-19H2,1H3. The van der Waals surface area contributed by atoms with Gasteiger partial charge >= 0.3 is 0 Å². The number of hydrogen-bond donors (Lipinski definition) is 0. The van der Waals surface area contributed by atoms with Crippen molar-refractivity contribution in [3.05, 3.63) is 6.42 Å². The molecule has 0 atom stereocenters. The second kappa shape index (κ2) is 16.7. The van der Waals surface area contributed by atoms with Crippen LogP contribution in [-0.2, 0) is 0 Å². The van der Waals surface area contributed by atoms with Gasteiger partial charge in [-0.2, -0.15) is 0 Å². The molecular weight excluding hydrogens is 228 g/mol. The summed E-state index contributed by atoms with van der Waals surface area (Å²) in [6.07, 6.45) is 22.6. The van der Waals surface area contributed by atoms with Crippen molar-refractivity contribution in [1.82, 2.24) is 0 Å². The molecule has 0 rings (SSSR count). The first-order chi connectivity index (χ1) is 9.41. The lowest BCUT2D eigenvalue weighted by Crippen LogP contribution is -1.82. The van der Waals surface area contributed by atoms with E-state index in [0.717, 1.165) is 6.42 Å². The highest BCUT2D eigenvalue weighted by Crippen LogP contribution is 2.11. The smallest absolute Gasteiger partial charge is 0.00989 e. The van der Waals surface area contributed by atoms with Crippen LogP contribution in [0.1, 0.15) is 84.0 Å². The first-order valence-electron chi connectivity index (χ1n) is 7.81. The Hall–Kier alpha value is -1.32. The topological polar surface area (TPSA) is 0 Å². The second-order valence-corrected chi connectivity index (χ2v) is 4.96. The Morgan fingerprint density at radius 3 is 1.68 bits per heavy atom. The van der Waals surface area contributed by atoms with Crippen molar-refractivity contribution in [3.8, 4) is 29.6 Å². The monoisotopic (exact) mass is 255 g/mol. The van der Waals surface area contributed by atoms with Crippen LogP contribution in [0.4, 0.5) is 0 Å². The van der Waals surface area contributed by atoms with E-state index < -0.39 is 0 Å². The van der Waals surface area contributed by atoms with Gasteiger partial charge in [-0.05, 0) is 36.5 Å². The lowest BCUT2D eigenvalue weighted by molar-refractivity contribution is 0.551. The van der Waals surface area contributed by atoms with Crippen LogP contribution < -0.4 is 0 Å². The molecule has 0 aliphatic heterocycles. The Balaban J connectivity index is 3.10. The molecule has 0 nitrogen and oxygen atoms in total. The average molecular weight is 255 g/mol. The van der Waals surface area contributed by atoms with Crippen LogP contribution >= 0.6 is 0 Å². The fourth-order valence-corrected chi connectivity index (χ4v) is 2.05. The van der Waals surface area contributed by atoms with Gasteiger partial charge in [-0.3, -0.25) is 0 Å². The molecule has 0 aliphatic carbocycles. The van der Waals surface area contributed by atoms with Gasteiger partial charge in [0, 0.05) is 6.42 Å². The maximum Gasteiger partial charge on any atom is 0.00989 e. The summed E-state index contributed by atoms with van der Waals surface area (Å²) in [6, 6.07) is 0. The van der Waals surface area contributed by atoms with E-state index in [0.29, 0.717) is 0 Å². The molecule has 0 amide bonds.